The third-order valence-electron chi connectivity index (χ3n) is 3.30. The third-order valence-corrected chi connectivity index (χ3v) is 3.79. The van der Waals surface area contributed by atoms with Crippen molar-refractivity contribution in [2.45, 2.75) is 12.5 Å². The molecule has 0 amide bonds. The lowest BCUT2D eigenvalue weighted by molar-refractivity contribution is 0.171. The maximum atomic E-state index is 14.0. The summed E-state index contributed by atoms with van der Waals surface area (Å²) < 4.78 is 14.9. The van der Waals surface area contributed by atoms with Crippen LogP contribution in [0, 0.1) is 5.82 Å². The molecule has 0 unspecified atom stereocenters. The smallest absolute Gasteiger partial charge is 0.128 e. The number of benzene rings is 1. The highest BCUT2D eigenvalue weighted by Crippen LogP contribution is 2.29. The summed E-state index contributed by atoms with van der Waals surface area (Å²) in [5.74, 6) is -0.136. The fraction of sp³-hybridized carbons (Fsp3) is 0.429. The van der Waals surface area contributed by atoms with Crippen LogP contribution in [0.15, 0.2) is 35.3 Å². The highest BCUT2D eigenvalue weighted by Gasteiger charge is 2.23. The molecule has 1 aliphatic rings. The van der Waals surface area contributed by atoms with Crippen molar-refractivity contribution < 1.29 is 4.39 Å². The van der Waals surface area contributed by atoms with Gasteiger partial charge in [0.25, 0.3) is 0 Å². The van der Waals surface area contributed by atoms with Gasteiger partial charge in [-0.3, -0.25) is 4.90 Å². The van der Waals surface area contributed by atoms with Crippen LogP contribution in [0.5, 0.6) is 0 Å². The van der Waals surface area contributed by atoms with Crippen molar-refractivity contribution in [3.63, 3.8) is 0 Å². The van der Waals surface area contributed by atoms with Crippen molar-refractivity contribution in [1.82, 2.24) is 10.2 Å². The van der Waals surface area contributed by atoms with Crippen LogP contribution in [0.3, 0.4) is 0 Å². The average Bonchev–Trinajstić information content (AvgIpc) is 2.40. The van der Waals surface area contributed by atoms with Crippen molar-refractivity contribution in [2.75, 3.05) is 26.2 Å². The van der Waals surface area contributed by atoms with Crippen LogP contribution in [-0.2, 0) is 0 Å². The van der Waals surface area contributed by atoms with Gasteiger partial charge < -0.3 is 5.32 Å². The van der Waals surface area contributed by atoms with E-state index in [0.29, 0.717) is 0 Å². The van der Waals surface area contributed by atoms with Crippen LogP contribution in [0.25, 0.3) is 0 Å². The van der Waals surface area contributed by atoms with Gasteiger partial charge in [-0.25, -0.2) is 4.39 Å². The molecular formula is C14H18BrFN2. The number of nitrogens with one attached hydrogen (secondary N) is 1. The summed E-state index contributed by atoms with van der Waals surface area (Å²) in [7, 11) is 0. The molecule has 1 aliphatic heterocycles. The summed E-state index contributed by atoms with van der Waals surface area (Å²) in [5, 5.41) is 3.32. The summed E-state index contributed by atoms with van der Waals surface area (Å²) in [6.07, 6.45) is 2.64. The summed E-state index contributed by atoms with van der Waals surface area (Å²) in [6.45, 7) is 7.62. The molecule has 1 aromatic rings. The Morgan fingerprint density at radius 3 is 2.83 bits per heavy atom. The number of rotatable bonds is 4. The largest absolute Gasteiger partial charge is 0.314 e. The van der Waals surface area contributed by atoms with Gasteiger partial charge in [-0.05, 0) is 24.6 Å². The second-order valence-corrected chi connectivity index (χ2v) is 5.41. The average molecular weight is 313 g/mol. The van der Waals surface area contributed by atoms with Gasteiger partial charge in [0.15, 0.2) is 0 Å². The van der Waals surface area contributed by atoms with E-state index in [0.717, 1.165) is 42.6 Å². The van der Waals surface area contributed by atoms with E-state index >= 15 is 0 Å². The summed E-state index contributed by atoms with van der Waals surface area (Å²) in [5.41, 5.74) is 0.756. The molecule has 1 saturated heterocycles. The van der Waals surface area contributed by atoms with Crippen LogP contribution >= 0.6 is 15.9 Å². The maximum absolute atomic E-state index is 14.0. The van der Waals surface area contributed by atoms with Gasteiger partial charge in [0.1, 0.15) is 5.82 Å². The number of piperazine rings is 1. The molecular weight excluding hydrogens is 295 g/mol. The van der Waals surface area contributed by atoms with Crippen LogP contribution in [0.1, 0.15) is 18.0 Å². The molecule has 0 saturated carbocycles. The summed E-state index contributed by atoms with van der Waals surface area (Å²) in [6, 6.07) is 5.23. The standard InChI is InChI=1S/C14H18BrFN2/c1-2-3-14(18-8-6-17-7-9-18)12-10-11(15)4-5-13(12)16/h2,4-5,10,14,17H,1,3,6-9H2/t14-/m1/s1. The third kappa shape index (κ3) is 3.19. The van der Waals surface area contributed by atoms with Gasteiger partial charge in [0.2, 0.25) is 0 Å². The lowest BCUT2D eigenvalue weighted by Crippen LogP contribution is -2.45. The van der Waals surface area contributed by atoms with Crippen LogP contribution < -0.4 is 5.32 Å². The minimum atomic E-state index is -0.136. The molecule has 1 fully saturated rings. The Hall–Kier alpha value is -0.710. The van der Waals surface area contributed by atoms with E-state index < -0.39 is 0 Å². The van der Waals surface area contributed by atoms with Crippen LogP contribution in [-0.4, -0.2) is 31.1 Å². The van der Waals surface area contributed by atoms with Gasteiger partial charge in [-0.1, -0.05) is 22.0 Å². The molecule has 1 N–H and O–H groups in total. The molecule has 18 heavy (non-hydrogen) atoms. The van der Waals surface area contributed by atoms with Gasteiger partial charge in [0, 0.05) is 42.3 Å². The van der Waals surface area contributed by atoms with E-state index in [9.17, 15) is 4.39 Å². The van der Waals surface area contributed by atoms with Crippen molar-refractivity contribution in [3.8, 4) is 0 Å². The first-order valence-electron chi connectivity index (χ1n) is 6.23. The number of halogens is 2. The fourth-order valence-corrected chi connectivity index (χ4v) is 2.77. The fourth-order valence-electron chi connectivity index (χ4n) is 2.39. The summed E-state index contributed by atoms with van der Waals surface area (Å²) in [4.78, 5) is 2.32. The first-order valence-corrected chi connectivity index (χ1v) is 7.02. The number of nitrogens with zero attached hydrogens (tertiary/aromatic N) is 1. The Labute approximate surface area is 116 Å². The monoisotopic (exact) mass is 312 g/mol. The lowest BCUT2D eigenvalue weighted by atomic mass is 10.0. The van der Waals surface area contributed by atoms with E-state index in [1.54, 1.807) is 6.07 Å². The highest BCUT2D eigenvalue weighted by atomic mass is 79.9. The molecule has 0 aromatic heterocycles. The van der Waals surface area contributed by atoms with Crippen molar-refractivity contribution in [1.29, 1.82) is 0 Å². The topological polar surface area (TPSA) is 15.3 Å². The first-order chi connectivity index (χ1) is 8.72. The number of hydrogen-bond donors (Lipinski definition) is 1. The molecule has 1 atom stereocenters. The summed E-state index contributed by atoms with van der Waals surface area (Å²) >= 11 is 3.42. The Morgan fingerprint density at radius 2 is 2.17 bits per heavy atom. The second-order valence-electron chi connectivity index (χ2n) is 4.49. The highest BCUT2D eigenvalue weighted by molar-refractivity contribution is 9.10. The van der Waals surface area contributed by atoms with Crippen LogP contribution in [0.4, 0.5) is 4.39 Å². The van der Waals surface area contributed by atoms with Crippen molar-refractivity contribution >= 4 is 15.9 Å². The predicted molar refractivity (Wildman–Crippen MR) is 76.1 cm³/mol. The van der Waals surface area contributed by atoms with Crippen LogP contribution in [0.2, 0.25) is 0 Å². The maximum Gasteiger partial charge on any atom is 0.128 e. The Kier molecular flexibility index (Phi) is 4.92. The lowest BCUT2D eigenvalue weighted by Gasteiger charge is -2.35. The molecule has 1 heterocycles. The quantitative estimate of drug-likeness (QED) is 0.859. The molecule has 2 nitrogen and oxygen atoms in total. The Morgan fingerprint density at radius 1 is 1.44 bits per heavy atom. The Bertz CT molecular complexity index is 416. The SMILES string of the molecule is C=CC[C@H](c1cc(Br)ccc1F)N1CCNCC1. The van der Waals surface area contributed by atoms with Gasteiger partial charge in [-0.2, -0.15) is 0 Å². The van der Waals surface area contributed by atoms with E-state index in [2.05, 4.69) is 32.7 Å². The van der Waals surface area contributed by atoms with Gasteiger partial charge in [-0.15, -0.1) is 6.58 Å². The molecule has 0 spiro atoms. The van der Waals surface area contributed by atoms with E-state index in [4.69, 9.17) is 0 Å². The van der Waals surface area contributed by atoms with E-state index in [1.807, 2.05) is 12.1 Å². The normalized spacial score (nSPS) is 18.6. The number of hydrogen-bond acceptors (Lipinski definition) is 2. The van der Waals surface area contributed by atoms with Crippen molar-refractivity contribution in [2.24, 2.45) is 0 Å². The van der Waals surface area contributed by atoms with Crippen molar-refractivity contribution in [3.05, 3.63) is 46.7 Å². The zero-order valence-corrected chi connectivity index (χ0v) is 11.9. The minimum absolute atomic E-state index is 0.0853. The molecule has 0 radical (unpaired) electrons. The minimum Gasteiger partial charge on any atom is -0.314 e. The van der Waals surface area contributed by atoms with E-state index in [1.165, 1.54) is 6.07 Å². The molecule has 98 valence electrons. The predicted octanol–water partition coefficient (Wildman–Crippen LogP) is 3.11. The molecule has 0 bridgehead atoms. The molecule has 1 aromatic carbocycles. The van der Waals surface area contributed by atoms with Gasteiger partial charge >= 0.3 is 0 Å². The second kappa shape index (κ2) is 6.45. The Balaban J connectivity index is 2.27. The zero-order valence-electron chi connectivity index (χ0n) is 10.3. The zero-order chi connectivity index (χ0) is 13.0. The van der Waals surface area contributed by atoms with Gasteiger partial charge in [0.05, 0.1) is 0 Å². The van der Waals surface area contributed by atoms with E-state index in [-0.39, 0.29) is 11.9 Å². The molecule has 0 aliphatic carbocycles. The molecule has 2 rings (SSSR count). The first kappa shape index (κ1) is 13.7. The molecule has 4 heteroatoms.